The number of carbonyl (C=O) groups is 1. The van der Waals surface area contributed by atoms with Crippen LogP contribution >= 0.6 is 11.6 Å². The van der Waals surface area contributed by atoms with E-state index in [-0.39, 0.29) is 5.56 Å². The maximum Gasteiger partial charge on any atom is 0.258 e. The summed E-state index contributed by atoms with van der Waals surface area (Å²) in [6.45, 7) is 1.80. The minimum atomic E-state index is -0.896. The summed E-state index contributed by atoms with van der Waals surface area (Å²) in [7, 11) is 0. The van der Waals surface area contributed by atoms with E-state index < -0.39 is 17.5 Å². The van der Waals surface area contributed by atoms with Gasteiger partial charge in [0.1, 0.15) is 11.6 Å². The number of hydrogen-bond acceptors (Lipinski definition) is 2. The molecule has 3 nitrogen and oxygen atoms in total. The fraction of sp³-hybridized carbons (Fsp3) is 0.235. The lowest BCUT2D eigenvalue weighted by Gasteiger charge is -2.22. The number of anilines is 2. The number of halogens is 3. The van der Waals surface area contributed by atoms with Crippen LogP contribution < -0.4 is 10.2 Å². The molecular weight excluding hydrogens is 322 g/mol. The average Bonchev–Trinajstić information content (AvgIpc) is 3.01. The van der Waals surface area contributed by atoms with E-state index in [0.29, 0.717) is 16.8 Å². The number of carbonyl (C=O) groups excluding carboxylic acids is 1. The van der Waals surface area contributed by atoms with Crippen molar-refractivity contribution in [3.8, 4) is 0 Å². The minimum absolute atomic E-state index is 0.209. The van der Waals surface area contributed by atoms with Crippen LogP contribution in [0.4, 0.5) is 20.2 Å². The van der Waals surface area contributed by atoms with Gasteiger partial charge >= 0.3 is 0 Å². The zero-order valence-corrected chi connectivity index (χ0v) is 13.0. The molecular formula is C17H15ClF2N2O. The molecule has 1 fully saturated rings. The third kappa shape index (κ3) is 3.45. The first-order valence-electron chi connectivity index (χ1n) is 7.35. The summed E-state index contributed by atoms with van der Waals surface area (Å²) in [4.78, 5) is 14.4. The van der Waals surface area contributed by atoms with Crippen LogP contribution in [0, 0.1) is 11.6 Å². The molecule has 1 N–H and O–H groups in total. The van der Waals surface area contributed by atoms with Crippen LogP contribution in [0.1, 0.15) is 23.2 Å². The van der Waals surface area contributed by atoms with Crippen molar-refractivity contribution < 1.29 is 13.6 Å². The maximum absolute atomic E-state index is 13.7. The quantitative estimate of drug-likeness (QED) is 0.896. The third-order valence-corrected chi connectivity index (χ3v) is 4.06. The second kappa shape index (κ2) is 6.54. The summed E-state index contributed by atoms with van der Waals surface area (Å²) >= 11 is 6.01. The van der Waals surface area contributed by atoms with Gasteiger partial charge in [0, 0.05) is 24.2 Å². The first-order chi connectivity index (χ1) is 11.0. The molecule has 2 aromatic rings. The number of benzene rings is 2. The van der Waals surface area contributed by atoms with Crippen LogP contribution in [0.2, 0.25) is 5.02 Å². The van der Waals surface area contributed by atoms with E-state index in [9.17, 15) is 13.6 Å². The van der Waals surface area contributed by atoms with Crippen molar-refractivity contribution in [2.45, 2.75) is 12.8 Å². The molecule has 0 bridgehead atoms. The molecule has 1 heterocycles. The molecule has 3 rings (SSSR count). The number of nitrogens with zero attached hydrogens (tertiary/aromatic N) is 1. The van der Waals surface area contributed by atoms with Gasteiger partial charge in [0.15, 0.2) is 0 Å². The van der Waals surface area contributed by atoms with Crippen LogP contribution in [0.3, 0.4) is 0 Å². The van der Waals surface area contributed by atoms with Gasteiger partial charge in [-0.05, 0) is 43.2 Å². The van der Waals surface area contributed by atoms with E-state index >= 15 is 0 Å². The van der Waals surface area contributed by atoms with Crippen molar-refractivity contribution in [2.75, 3.05) is 23.3 Å². The number of nitrogens with one attached hydrogen (secondary N) is 1. The summed E-state index contributed by atoms with van der Waals surface area (Å²) in [6, 6.07) is 8.09. The summed E-state index contributed by atoms with van der Waals surface area (Å²) < 4.78 is 26.7. The minimum Gasteiger partial charge on any atom is -0.370 e. The summed E-state index contributed by atoms with van der Waals surface area (Å²) in [5.74, 6) is -2.25. The Kier molecular flexibility index (Phi) is 4.48. The summed E-state index contributed by atoms with van der Waals surface area (Å²) in [5.41, 5.74) is 1.16. The number of hydrogen-bond donors (Lipinski definition) is 1. The van der Waals surface area contributed by atoms with Crippen molar-refractivity contribution in [1.82, 2.24) is 0 Å². The van der Waals surface area contributed by atoms with E-state index in [1.54, 1.807) is 12.1 Å². The molecule has 6 heteroatoms. The maximum atomic E-state index is 13.7. The molecule has 0 atom stereocenters. The van der Waals surface area contributed by atoms with Crippen LogP contribution in [0.15, 0.2) is 36.4 Å². The third-order valence-electron chi connectivity index (χ3n) is 3.83. The molecule has 0 aromatic heterocycles. The van der Waals surface area contributed by atoms with Gasteiger partial charge in [0.2, 0.25) is 0 Å². The molecule has 0 aliphatic carbocycles. The highest BCUT2D eigenvalue weighted by atomic mass is 35.5. The van der Waals surface area contributed by atoms with E-state index in [1.807, 2.05) is 6.07 Å². The zero-order chi connectivity index (χ0) is 16.4. The fourth-order valence-corrected chi connectivity index (χ4v) is 2.88. The van der Waals surface area contributed by atoms with Gasteiger partial charge < -0.3 is 10.2 Å². The van der Waals surface area contributed by atoms with Crippen LogP contribution in [0.25, 0.3) is 0 Å². The predicted molar refractivity (Wildman–Crippen MR) is 87.2 cm³/mol. The standard InChI is InChI=1S/C17H15ClF2N2O/c18-11-3-6-16(22-7-1-2-8-22)15(9-11)21-17(23)13-5-4-12(19)10-14(13)20/h3-6,9-10H,1-2,7-8H2,(H,21,23). The Bertz CT molecular complexity index is 745. The zero-order valence-electron chi connectivity index (χ0n) is 12.3. The molecule has 0 saturated carbocycles. The van der Waals surface area contributed by atoms with Crippen LogP contribution in [-0.4, -0.2) is 19.0 Å². The Balaban J connectivity index is 1.89. The van der Waals surface area contributed by atoms with Gasteiger partial charge in [-0.25, -0.2) is 8.78 Å². The van der Waals surface area contributed by atoms with Gasteiger partial charge in [0.05, 0.1) is 16.9 Å². The Morgan fingerprint density at radius 2 is 1.83 bits per heavy atom. The van der Waals surface area contributed by atoms with Gasteiger partial charge in [-0.2, -0.15) is 0 Å². The van der Waals surface area contributed by atoms with Gasteiger partial charge in [0.25, 0.3) is 5.91 Å². The van der Waals surface area contributed by atoms with Crippen molar-refractivity contribution in [1.29, 1.82) is 0 Å². The lowest BCUT2D eigenvalue weighted by Crippen LogP contribution is -2.21. The highest BCUT2D eigenvalue weighted by Crippen LogP contribution is 2.32. The number of amides is 1. The molecule has 120 valence electrons. The van der Waals surface area contributed by atoms with E-state index in [0.717, 1.165) is 43.8 Å². The Morgan fingerprint density at radius 1 is 1.09 bits per heavy atom. The molecule has 1 amide bonds. The first kappa shape index (κ1) is 15.7. The van der Waals surface area contributed by atoms with Crippen molar-refractivity contribution in [2.24, 2.45) is 0 Å². The second-order valence-electron chi connectivity index (χ2n) is 5.43. The largest absolute Gasteiger partial charge is 0.370 e. The van der Waals surface area contributed by atoms with Crippen molar-refractivity contribution in [3.05, 3.63) is 58.6 Å². The summed E-state index contributed by atoms with van der Waals surface area (Å²) in [6.07, 6.45) is 2.17. The molecule has 2 aromatic carbocycles. The number of rotatable bonds is 3. The highest BCUT2D eigenvalue weighted by molar-refractivity contribution is 6.31. The molecule has 1 aliphatic heterocycles. The van der Waals surface area contributed by atoms with Crippen LogP contribution in [0.5, 0.6) is 0 Å². The monoisotopic (exact) mass is 336 g/mol. The van der Waals surface area contributed by atoms with Crippen molar-refractivity contribution in [3.63, 3.8) is 0 Å². The second-order valence-corrected chi connectivity index (χ2v) is 5.87. The molecule has 0 radical (unpaired) electrons. The normalized spacial score (nSPS) is 14.1. The van der Waals surface area contributed by atoms with Crippen molar-refractivity contribution >= 4 is 28.9 Å². The smallest absolute Gasteiger partial charge is 0.258 e. The molecule has 23 heavy (non-hydrogen) atoms. The topological polar surface area (TPSA) is 32.3 Å². The fourth-order valence-electron chi connectivity index (χ4n) is 2.71. The Morgan fingerprint density at radius 3 is 2.52 bits per heavy atom. The highest BCUT2D eigenvalue weighted by Gasteiger charge is 2.19. The SMILES string of the molecule is O=C(Nc1cc(Cl)ccc1N1CCCC1)c1ccc(F)cc1F. The van der Waals surface area contributed by atoms with Gasteiger partial charge in [-0.1, -0.05) is 11.6 Å². The van der Waals surface area contributed by atoms with E-state index in [1.165, 1.54) is 0 Å². The molecule has 0 unspecified atom stereocenters. The van der Waals surface area contributed by atoms with Gasteiger partial charge in [-0.3, -0.25) is 4.79 Å². The van der Waals surface area contributed by atoms with E-state index in [4.69, 9.17) is 11.6 Å². The predicted octanol–water partition coefficient (Wildman–Crippen LogP) is 4.47. The molecule has 1 aliphatic rings. The Labute approximate surface area is 137 Å². The molecule has 1 saturated heterocycles. The van der Waals surface area contributed by atoms with E-state index in [2.05, 4.69) is 10.2 Å². The lowest BCUT2D eigenvalue weighted by atomic mass is 10.1. The van der Waals surface area contributed by atoms with Crippen LogP contribution in [-0.2, 0) is 0 Å². The lowest BCUT2D eigenvalue weighted by molar-refractivity contribution is 0.102. The first-order valence-corrected chi connectivity index (χ1v) is 7.73. The molecule has 0 spiro atoms. The Hall–Kier alpha value is -2.14. The average molecular weight is 337 g/mol. The van der Waals surface area contributed by atoms with Gasteiger partial charge in [-0.15, -0.1) is 0 Å². The summed E-state index contributed by atoms with van der Waals surface area (Å²) in [5, 5.41) is 3.15.